The van der Waals surface area contributed by atoms with E-state index < -0.39 is 15.9 Å². The van der Waals surface area contributed by atoms with Crippen LogP contribution in [0.4, 0.5) is 17.1 Å². The second kappa shape index (κ2) is 8.30. The normalized spacial score (nSPS) is 11.0. The number of nitrogens with one attached hydrogen (secondary N) is 1. The molecule has 0 saturated heterocycles. The second-order valence-electron chi connectivity index (χ2n) is 6.43. The Morgan fingerprint density at radius 3 is 2.26 bits per heavy atom. The molecular weight excluding hydrogens is 366 g/mol. The van der Waals surface area contributed by atoms with Gasteiger partial charge in [-0.2, -0.15) is 0 Å². The number of sulfonamides is 1. The molecule has 0 radical (unpaired) electrons. The molecule has 146 valence electrons. The van der Waals surface area contributed by atoms with Gasteiger partial charge >= 0.3 is 0 Å². The minimum Gasteiger partial charge on any atom is -0.495 e. The Morgan fingerprint density at radius 1 is 1.11 bits per heavy atom. The minimum atomic E-state index is -3.69. The Bertz CT molecular complexity index is 909. The Hall–Kier alpha value is -2.74. The molecule has 0 saturated carbocycles. The average molecular weight is 391 g/mol. The Labute approximate surface area is 160 Å². The SMILES string of the molecule is COc1ccc(C)cc1N(CC(=O)Nc1ccc(N(C)C)cc1)S(C)(=O)=O. The zero-order valence-corrected chi connectivity index (χ0v) is 17.0. The van der Waals surface area contributed by atoms with Gasteiger partial charge in [0.05, 0.1) is 19.1 Å². The molecule has 0 aliphatic rings. The molecule has 0 spiro atoms. The third-order valence-corrected chi connectivity index (χ3v) is 5.08. The number of methoxy groups -OCH3 is 1. The third kappa shape index (κ3) is 5.37. The van der Waals surface area contributed by atoms with Gasteiger partial charge in [0.25, 0.3) is 0 Å². The Morgan fingerprint density at radius 2 is 1.74 bits per heavy atom. The van der Waals surface area contributed by atoms with Crippen molar-refractivity contribution in [1.29, 1.82) is 0 Å². The average Bonchev–Trinajstić information content (AvgIpc) is 2.59. The molecule has 0 fully saturated rings. The Kier molecular flexibility index (Phi) is 6.32. The molecule has 8 heteroatoms. The summed E-state index contributed by atoms with van der Waals surface area (Å²) in [6, 6.07) is 12.5. The van der Waals surface area contributed by atoms with Crippen LogP contribution in [0.25, 0.3) is 0 Å². The molecule has 0 bridgehead atoms. The molecule has 0 heterocycles. The van der Waals surface area contributed by atoms with Crippen LogP contribution in [-0.4, -0.2) is 48.3 Å². The first kappa shape index (κ1) is 20.6. The first-order valence-electron chi connectivity index (χ1n) is 8.31. The lowest BCUT2D eigenvalue weighted by Crippen LogP contribution is -2.37. The number of aryl methyl sites for hydroxylation is 1. The lowest BCUT2D eigenvalue weighted by atomic mass is 10.2. The minimum absolute atomic E-state index is 0.332. The highest BCUT2D eigenvalue weighted by atomic mass is 32.2. The molecule has 1 amide bonds. The topological polar surface area (TPSA) is 79.0 Å². The molecule has 0 aliphatic heterocycles. The van der Waals surface area contributed by atoms with Crippen molar-refractivity contribution in [3.8, 4) is 5.75 Å². The lowest BCUT2D eigenvalue weighted by molar-refractivity contribution is -0.114. The summed E-state index contributed by atoms with van der Waals surface area (Å²) in [4.78, 5) is 14.4. The van der Waals surface area contributed by atoms with Crippen molar-refractivity contribution in [3.63, 3.8) is 0 Å². The van der Waals surface area contributed by atoms with Gasteiger partial charge in [0.2, 0.25) is 15.9 Å². The fraction of sp³-hybridized carbons (Fsp3) is 0.316. The van der Waals surface area contributed by atoms with Gasteiger partial charge in [-0.1, -0.05) is 6.07 Å². The predicted octanol–water partition coefficient (Wildman–Crippen LogP) is 2.47. The number of hydrogen-bond acceptors (Lipinski definition) is 5. The fourth-order valence-electron chi connectivity index (χ4n) is 2.55. The van der Waals surface area contributed by atoms with Crippen molar-refractivity contribution in [2.75, 3.05) is 48.5 Å². The van der Waals surface area contributed by atoms with E-state index in [4.69, 9.17) is 4.74 Å². The van der Waals surface area contributed by atoms with Crippen LogP contribution < -0.4 is 19.3 Å². The van der Waals surface area contributed by atoms with Gasteiger partial charge in [0.15, 0.2) is 0 Å². The summed E-state index contributed by atoms with van der Waals surface area (Å²) in [7, 11) is 1.62. The zero-order valence-electron chi connectivity index (χ0n) is 16.2. The number of carbonyl (C=O) groups is 1. The van der Waals surface area contributed by atoms with Crippen molar-refractivity contribution in [1.82, 2.24) is 0 Å². The van der Waals surface area contributed by atoms with Crippen molar-refractivity contribution in [2.24, 2.45) is 0 Å². The molecule has 2 aromatic rings. The highest BCUT2D eigenvalue weighted by molar-refractivity contribution is 7.92. The van der Waals surface area contributed by atoms with Crippen LogP contribution in [0.3, 0.4) is 0 Å². The monoisotopic (exact) mass is 391 g/mol. The van der Waals surface area contributed by atoms with E-state index in [1.54, 1.807) is 24.3 Å². The van der Waals surface area contributed by atoms with Crippen LogP contribution in [0.15, 0.2) is 42.5 Å². The van der Waals surface area contributed by atoms with Crippen molar-refractivity contribution in [2.45, 2.75) is 6.92 Å². The molecule has 0 aromatic heterocycles. The molecule has 0 atom stereocenters. The van der Waals surface area contributed by atoms with E-state index in [1.807, 2.05) is 44.1 Å². The molecule has 2 aromatic carbocycles. The van der Waals surface area contributed by atoms with E-state index in [1.165, 1.54) is 7.11 Å². The van der Waals surface area contributed by atoms with Gasteiger partial charge in [-0.3, -0.25) is 9.10 Å². The maximum absolute atomic E-state index is 12.5. The second-order valence-corrected chi connectivity index (χ2v) is 8.34. The number of benzene rings is 2. The number of anilines is 3. The first-order valence-corrected chi connectivity index (χ1v) is 10.2. The van der Waals surface area contributed by atoms with E-state index in [0.29, 0.717) is 17.1 Å². The van der Waals surface area contributed by atoms with Crippen LogP contribution in [0.5, 0.6) is 5.75 Å². The highest BCUT2D eigenvalue weighted by Crippen LogP contribution is 2.31. The molecule has 0 unspecified atom stereocenters. The van der Waals surface area contributed by atoms with Gasteiger partial charge in [0.1, 0.15) is 12.3 Å². The maximum atomic E-state index is 12.5. The fourth-order valence-corrected chi connectivity index (χ4v) is 3.40. The van der Waals surface area contributed by atoms with Crippen LogP contribution >= 0.6 is 0 Å². The largest absolute Gasteiger partial charge is 0.495 e. The van der Waals surface area contributed by atoms with Crippen LogP contribution in [0.1, 0.15) is 5.56 Å². The van der Waals surface area contributed by atoms with Gasteiger partial charge < -0.3 is 15.0 Å². The number of ether oxygens (including phenoxy) is 1. The van der Waals surface area contributed by atoms with Gasteiger partial charge in [-0.15, -0.1) is 0 Å². The number of carbonyl (C=O) groups excluding carboxylic acids is 1. The number of amides is 1. The molecule has 7 nitrogen and oxygen atoms in total. The van der Waals surface area contributed by atoms with Crippen molar-refractivity contribution < 1.29 is 17.9 Å². The van der Waals surface area contributed by atoms with E-state index in [9.17, 15) is 13.2 Å². The molecule has 1 N–H and O–H groups in total. The standard InChI is InChI=1S/C19H25N3O4S/c1-14-6-11-18(26-4)17(12-14)22(27(5,24)25)13-19(23)20-15-7-9-16(10-8-15)21(2)3/h6-12H,13H2,1-5H3,(H,20,23). The quantitative estimate of drug-likeness (QED) is 0.784. The summed E-state index contributed by atoms with van der Waals surface area (Å²) in [5.41, 5.74) is 2.78. The predicted molar refractivity (Wildman–Crippen MR) is 109 cm³/mol. The van der Waals surface area contributed by atoms with Crippen molar-refractivity contribution in [3.05, 3.63) is 48.0 Å². The lowest BCUT2D eigenvalue weighted by Gasteiger charge is -2.24. The van der Waals surface area contributed by atoms with E-state index in [-0.39, 0.29) is 6.54 Å². The maximum Gasteiger partial charge on any atom is 0.245 e. The van der Waals surface area contributed by atoms with Crippen molar-refractivity contribution >= 4 is 33.0 Å². The van der Waals surface area contributed by atoms with Crippen LogP contribution in [-0.2, 0) is 14.8 Å². The highest BCUT2D eigenvalue weighted by Gasteiger charge is 2.24. The third-order valence-electron chi connectivity index (χ3n) is 3.96. The number of nitrogens with zero attached hydrogens (tertiary/aromatic N) is 2. The van der Waals surface area contributed by atoms with E-state index >= 15 is 0 Å². The molecular formula is C19H25N3O4S. The molecule has 27 heavy (non-hydrogen) atoms. The molecule has 0 aliphatic carbocycles. The summed E-state index contributed by atoms with van der Waals surface area (Å²) >= 11 is 0. The zero-order chi connectivity index (χ0) is 20.2. The van der Waals surface area contributed by atoms with Crippen LogP contribution in [0, 0.1) is 6.92 Å². The van der Waals surface area contributed by atoms with E-state index in [2.05, 4.69) is 5.32 Å². The van der Waals surface area contributed by atoms with E-state index in [0.717, 1.165) is 21.8 Å². The first-order chi connectivity index (χ1) is 12.6. The number of rotatable bonds is 7. The van der Waals surface area contributed by atoms with Gasteiger partial charge in [0, 0.05) is 25.5 Å². The van der Waals surface area contributed by atoms with Gasteiger partial charge in [-0.25, -0.2) is 8.42 Å². The summed E-state index contributed by atoms with van der Waals surface area (Å²) in [5, 5.41) is 2.73. The molecule has 2 rings (SSSR count). The summed E-state index contributed by atoms with van der Waals surface area (Å²) in [5.74, 6) is -0.0595. The number of hydrogen-bond donors (Lipinski definition) is 1. The van der Waals surface area contributed by atoms with Crippen LogP contribution in [0.2, 0.25) is 0 Å². The summed E-state index contributed by atoms with van der Waals surface area (Å²) in [6.45, 7) is 1.49. The summed E-state index contributed by atoms with van der Waals surface area (Å²) < 4.78 is 30.9. The van der Waals surface area contributed by atoms with Gasteiger partial charge in [-0.05, 0) is 48.9 Å². The Balaban J connectivity index is 2.24. The summed E-state index contributed by atoms with van der Waals surface area (Å²) in [6.07, 6.45) is 1.06. The smallest absolute Gasteiger partial charge is 0.245 e.